The number of alkyl carbamates (subject to hydrolysis) is 1. The summed E-state index contributed by atoms with van der Waals surface area (Å²) in [6, 6.07) is 8.00. The maximum atomic E-state index is 11.6. The average molecular weight is 314 g/mol. The van der Waals surface area contributed by atoms with Crippen LogP contribution >= 0.6 is 15.9 Å². The highest BCUT2D eigenvalue weighted by Crippen LogP contribution is 2.14. The van der Waals surface area contributed by atoms with Crippen LogP contribution in [0, 0.1) is 0 Å². The third-order valence-corrected chi connectivity index (χ3v) is 2.69. The molecule has 0 saturated carbocycles. The molecule has 1 aromatic rings. The Kier molecular flexibility index (Phi) is 5.20. The van der Waals surface area contributed by atoms with Gasteiger partial charge in [0.15, 0.2) is 0 Å². The Balaban J connectivity index is 2.47. The molecule has 1 rings (SSSR count). The van der Waals surface area contributed by atoms with E-state index in [9.17, 15) is 4.79 Å². The summed E-state index contributed by atoms with van der Waals surface area (Å²) in [5.41, 5.74) is 0.868. The van der Waals surface area contributed by atoms with E-state index in [0.717, 1.165) is 10.0 Å². The lowest BCUT2D eigenvalue weighted by molar-refractivity contribution is 0.100. The fourth-order valence-electron chi connectivity index (χ4n) is 1.56. The normalized spacial score (nSPS) is 12.9. The summed E-state index contributed by atoms with van der Waals surface area (Å²) in [5.74, 6) is 0. The number of hydrogen-bond donors (Lipinski definition) is 1. The highest BCUT2D eigenvalue weighted by Gasteiger charge is 2.17. The van der Waals surface area contributed by atoms with E-state index in [1.165, 1.54) is 0 Å². The number of amides is 1. The van der Waals surface area contributed by atoms with Gasteiger partial charge in [0.25, 0.3) is 0 Å². The van der Waals surface area contributed by atoms with Crippen molar-refractivity contribution < 1.29 is 9.53 Å². The standard InChI is InChI=1S/C14H20BrNO2/c1-10(18-13(17)16-14(2,3)4)8-11-6-5-7-12(15)9-11/h5-7,9-10H,8H2,1-4H3,(H,16,17)/t10-/m1/s1. The number of carbonyl (C=O) groups is 1. The van der Waals surface area contributed by atoms with Crippen molar-refractivity contribution in [2.24, 2.45) is 0 Å². The molecule has 0 unspecified atom stereocenters. The van der Waals surface area contributed by atoms with Crippen molar-refractivity contribution in [3.63, 3.8) is 0 Å². The van der Waals surface area contributed by atoms with Crippen LogP contribution in [0.4, 0.5) is 4.79 Å². The van der Waals surface area contributed by atoms with E-state index in [4.69, 9.17) is 4.74 Å². The first-order valence-electron chi connectivity index (χ1n) is 5.99. The van der Waals surface area contributed by atoms with E-state index in [-0.39, 0.29) is 17.7 Å². The van der Waals surface area contributed by atoms with E-state index < -0.39 is 0 Å². The van der Waals surface area contributed by atoms with Crippen molar-refractivity contribution in [1.29, 1.82) is 0 Å². The lowest BCUT2D eigenvalue weighted by Crippen LogP contribution is -2.42. The first-order chi connectivity index (χ1) is 8.26. The van der Waals surface area contributed by atoms with Gasteiger partial charge in [0.05, 0.1) is 0 Å². The van der Waals surface area contributed by atoms with Gasteiger partial charge in [0, 0.05) is 16.4 Å². The molecular formula is C14H20BrNO2. The van der Waals surface area contributed by atoms with Crippen LogP contribution in [0.5, 0.6) is 0 Å². The van der Waals surface area contributed by atoms with Crippen LogP contribution in [0.1, 0.15) is 33.3 Å². The second-order valence-electron chi connectivity index (χ2n) is 5.42. The molecule has 100 valence electrons. The zero-order valence-electron chi connectivity index (χ0n) is 11.3. The van der Waals surface area contributed by atoms with Gasteiger partial charge in [-0.1, -0.05) is 28.1 Å². The summed E-state index contributed by atoms with van der Waals surface area (Å²) in [5, 5.41) is 2.78. The van der Waals surface area contributed by atoms with E-state index >= 15 is 0 Å². The van der Waals surface area contributed by atoms with Gasteiger partial charge < -0.3 is 10.1 Å². The Labute approximate surface area is 117 Å². The van der Waals surface area contributed by atoms with Gasteiger partial charge in [-0.25, -0.2) is 4.79 Å². The molecule has 1 N–H and O–H groups in total. The lowest BCUT2D eigenvalue weighted by atomic mass is 10.1. The summed E-state index contributed by atoms with van der Waals surface area (Å²) in [4.78, 5) is 11.6. The summed E-state index contributed by atoms with van der Waals surface area (Å²) in [7, 11) is 0. The van der Waals surface area contributed by atoms with Crippen LogP contribution in [0.2, 0.25) is 0 Å². The minimum atomic E-state index is -0.370. The number of ether oxygens (including phenoxy) is 1. The molecule has 0 radical (unpaired) electrons. The van der Waals surface area contributed by atoms with Gasteiger partial charge in [0.2, 0.25) is 0 Å². The second-order valence-corrected chi connectivity index (χ2v) is 6.34. The molecule has 0 aliphatic heterocycles. The molecule has 18 heavy (non-hydrogen) atoms. The highest BCUT2D eigenvalue weighted by atomic mass is 79.9. The van der Waals surface area contributed by atoms with E-state index in [2.05, 4.69) is 21.2 Å². The van der Waals surface area contributed by atoms with Crippen molar-refractivity contribution in [1.82, 2.24) is 5.32 Å². The Morgan fingerprint density at radius 3 is 2.67 bits per heavy atom. The van der Waals surface area contributed by atoms with Gasteiger partial charge in [-0.05, 0) is 45.4 Å². The van der Waals surface area contributed by atoms with E-state index in [1.54, 1.807) is 0 Å². The highest BCUT2D eigenvalue weighted by molar-refractivity contribution is 9.10. The monoisotopic (exact) mass is 313 g/mol. The Bertz CT molecular complexity index is 413. The van der Waals surface area contributed by atoms with Crippen LogP contribution in [0.25, 0.3) is 0 Å². The first kappa shape index (κ1) is 15.0. The number of halogens is 1. The van der Waals surface area contributed by atoms with Crippen LogP contribution < -0.4 is 5.32 Å². The van der Waals surface area contributed by atoms with Crippen LogP contribution in [0.3, 0.4) is 0 Å². The lowest BCUT2D eigenvalue weighted by Gasteiger charge is -2.22. The number of rotatable bonds is 3. The largest absolute Gasteiger partial charge is 0.446 e. The predicted molar refractivity (Wildman–Crippen MR) is 76.7 cm³/mol. The number of hydrogen-bond acceptors (Lipinski definition) is 2. The third-order valence-electron chi connectivity index (χ3n) is 2.20. The molecule has 0 aromatic heterocycles. The minimum absolute atomic E-state index is 0.151. The molecule has 0 aliphatic carbocycles. The Morgan fingerprint density at radius 2 is 2.11 bits per heavy atom. The van der Waals surface area contributed by atoms with Crippen molar-refractivity contribution in [2.45, 2.75) is 45.8 Å². The van der Waals surface area contributed by atoms with E-state index in [1.807, 2.05) is 52.0 Å². The quantitative estimate of drug-likeness (QED) is 0.919. The van der Waals surface area contributed by atoms with Crippen LogP contribution in [-0.2, 0) is 11.2 Å². The fourth-order valence-corrected chi connectivity index (χ4v) is 2.00. The molecule has 0 fully saturated rings. The van der Waals surface area contributed by atoms with Crippen LogP contribution in [0.15, 0.2) is 28.7 Å². The Morgan fingerprint density at radius 1 is 1.44 bits per heavy atom. The maximum Gasteiger partial charge on any atom is 0.407 e. The van der Waals surface area contributed by atoms with Gasteiger partial charge in [-0.2, -0.15) is 0 Å². The molecule has 1 amide bonds. The minimum Gasteiger partial charge on any atom is -0.446 e. The fraction of sp³-hybridized carbons (Fsp3) is 0.500. The molecule has 0 aliphatic rings. The SMILES string of the molecule is C[C@H](Cc1cccc(Br)c1)OC(=O)NC(C)(C)C. The van der Waals surface area contributed by atoms with Gasteiger partial charge >= 0.3 is 6.09 Å². The van der Waals surface area contributed by atoms with Gasteiger partial charge in [-0.3, -0.25) is 0 Å². The number of benzene rings is 1. The number of nitrogens with one attached hydrogen (secondary N) is 1. The molecule has 4 heteroatoms. The topological polar surface area (TPSA) is 38.3 Å². The second kappa shape index (κ2) is 6.23. The third kappa shape index (κ3) is 6.05. The summed E-state index contributed by atoms with van der Waals surface area (Å²) < 4.78 is 6.34. The molecule has 1 atom stereocenters. The van der Waals surface area contributed by atoms with Crippen molar-refractivity contribution >= 4 is 22.0 Å². The molecular weight excluding hydrogens is 294 g/mol. The zero-order valence-corrected chi connectivity index (χ0v) is 12.9. The summed E-state index contributed by atoms with van der Waals surface area (Å²) in [6.45, 7) is 7.66. The van der Waals surface area contributed by atoms with Gasteiger partial charge in [-0.15, -0.1) is 0 Å². The van der Waals surface area contributed by atoms with Crippen molar-refractivity contribution in [3.8, 4) is 0 Å². The van der Waals surface area contributed by atoms with Crippen LogP contribution in [-0.4, -0.2) is 17.7 Å². The molecule has 0 bridgehead atoms. The van der Waals surface area contributed by atoms with Crippen molar-refractivity contribution in [2.75, 3.05) is 0 Å². The summed E-state index contributed by atoms with van der Waals surface area (Å²) >= 11 is 3.42. The molecule has 0 saturated heterocycles. The predicted octanol–water partition coefficient (Wildman–Crippen LogP) is 3.90. The number of carbonyl (C=O) groups excluding carboxylic acids is 1. The molecule has 0 spiro atoms. The summed E-state index contributed by atoms with van der Waals surface area (Å²) in [6.07, 6.45) is 0.184. The molecule has 3 nitrogen and oxygen atoms in total. The Hall–Kier alpha value is -1.03. The maximum absolute atomic E-state index is 11.6. The van der Waals surface area contributed by atoms with Crippen molar-refractivity contribution in [3.05, 3.63) is 34.3 Å². The molecule has 1 aromatic carbocycles. The zero-order chi connectivity index (χ0) is 13.8. The van der Waals surface area contributed by atoms with Gasteiger partial charge in [0.1, 0.15) is 6.10 Å². The van der Waals surface area contributed by atoms with E-state index in [0.29, 0.717) is 6.42 Å². The average Bonchev–Trinajstić information content (AvgIpc) is 2.13. The smallest absolute Gasteiger partial charge is 0.407 e. The molecule has 0 heterocycles. The first-order valence-corrected chi connectivity index (χ1v) is 6.79.